The summed E-state index contributed by atoms with van der Waals surface area (Å²) < 4.78 is 20.7. The van der Waals surface area contributed by atoms with Crippen molar-refractivity contribution in [1.82, 2.24) is 0 Å². The second kappa shape index (κ2) is 7.09. The van der Waals surface area contributed by atoms with Crippen molar-refractivity contribution in [2.75, 3.05) is 21.3 Å². The Bertz CT molecular complexity index is 889. The molecule has 0 unspecified atom stereocenters. The molecule has 0 atom stereocenters. The lowest BCUT2D eigenvalue weighted by Gasteiger charge is -2.14. The predicted molar refractivity (Wildman–Crippen MR) is 95.5 cm³/mol. The highest BCUT2D eigenvalue weighted by atomic mass is 35.5. The van der Waals surface area contributed by atoms with Crippen LogP contribution in [0.3, 0.4) is 0 Å². The summed E-state index contributed by atoms with van der Waals surface area (Å²) in [6, 6.07) is 9.74. The average Bonchev–Trinajstić information content (AvgIpc) is 2.95. The van der Waals surface area contributed by atoms with Gasteiger partial charge in [-0.3, -0.25) is 0 Å². The van der Waals surface area contributed by atoms with Crippen molar-refractivity contribution < 1.29 is 28.5 Å². The van der Waals surface area contributed by atoms with Gasteiger partial charge in [-0.15, -0.1) is 0 Å². The Balaban J connectivity index is 2.26. The van der Waals surface area contributed by atoms with Crippen molar-refractivity contribution in [3.8, 4) is 17.2 Å². The van der Waals surface area contributed by atoms with Crippen molar-refractivity contribution in [2.45, 2.75) is 0 Å². The molecule has 0 N–H and O–H groups in total. The van der Waals surface area contributed by atoms with E-state index in [4.69, 9.17) is 30.5 Å². The molecule has 0 radical (unpaired) electrons. The number of esters is 2. The lowest BCUT2D eigenvalue weighted by molar-refractivity contribution is -0.149. The summed E-state index contributed by atoms with van der Waals surface area (Å²) in [5, 5.41) is 0.515. The van der Waals surface area contributed by atoms with E-state index in [0.29, 0.717) is 33.4 Å². The first-order chi connectivity index (χ1) is 12.5. The maximum absolute atomic E-state index is 12.3. The van der Waals surface area contributed by atoms with Crippen LogP contribution in [0.2, 0.25) is 5.02 Å². The molecule has 0 amide bonds. The number of benzene rings is 2. The van der Waals surface area contributed by atoms with Gasteiger partial charge in [0.2, 0.25) is 5.75 Å². The molecule has 0 aromatic heterocycles. The quantitative estimate of drug-likeness (QED) is 0.590. The second-order valence-electron chi connectivity index (χ2n) is 5.35. The smallest absolute Gasteiger partial charge is 0.347 e. The zero-order valence-electron chi connectivity index (χ0n) is 14.3. The molecule has 2 aromatic rings. The Morgan fingerprint density at radius 2 is 1.27 bits per heavy atom. The van der Waals surface area contributed by atoms with Crippen LogP contribution in [-0.4, -0.2) is 33.3 Å². The SMILES string of the molecule is COc1cc(C2=C(c3ccc(Cl)cc3)C(=O)OC2=O)cc(OC)c1OC. The van der Waals surface area contributed by atoms with E-state index in [2.05, 4.69) is 0 Å². The third-order valence-corrected chi connectivity index (χ3v) is 4.18. The van der Waals surface area contributed by atoms with Crippen molar-refractivity contribution >= 4 is 34.7 Å². The number of carbonyl (C=O) groups is 2. The summed E-state index contributed by atoms with van der Waals surface area (Å²) in [4.78, 5) is 24.6. The Labute approximate surface area is 154 Å². The standard InChI is InChI=1S/C19H15ClO6/c1-23-13-8-11(9-14(24-2)17(13)25-3)16-15(18(21)26-19(16)22)10-4-6-12(20)7-5-10/h4-9H,1-3H3. The van der Waals surface area contributed by atoms with Gasteiger partial charge in [-0.25, -0.2) is 9.59 Å². The Morgan fingerprint density at radius 3 is 1.73 bits per heavy atom. The summed E-state index contributed by atoms with van der Waals surface area (Å²) in [5.74, 6) is -0.366. The molecule has 134 valence electrons. The number of halogens is 1. The van der Waals surface area contributed by atoms with E-state index >= 15 is 0 Å². The predicted octanol–water partition coefficient (Wildman–Crippen LogP) is 3.36. The first kappa shape index (κ1) is 17.8. The van der Waals surface area contributed by atoms with Crippen LogP contribution in [0, 0.1) is 0 Å². The molecule has 0 saturated heterocycles. The molecule has 0 fully saturated rings. The molecule has 26 heavy (non-hydrogen) atoms. The number of cyclic esters (lactones) is 2. The highest BCUT2D eigenvalue weighted by molar-refractivity contribution is 6.45. The molecule has 3 rings (SSSR count). The number of hydrogen-bond donors (Lipinski definition) is 0. The van der Waals surface area contributed by atoms with E-state index in [1.54, 1.807) is 36.4 Å². The van der Waals surface area contributed by atoms with Gasteiger partial charge in [0.05, 0.1) is 32.5 Å². The number of carbonyl (C=O) groups excluding carboxylic acids is 2. The van der Waals surface area contributed by atoms with Crippen LogP contribution in [-0.2, 0) is 14.3 Å². The van der Waals surface area contributed by atoms with Crippen molar-refractivity contribution in [3.05, 3.63) is 52.5 Å². The van der Waals surface area contributed by atoms with Gasteiger partial charge >= 0.3 is 11.9 Å². The minimum Gasteiger partial charge on any atom is -0.493 e. The van der Waals surface area contributed by atoms with E-state index in [0.717, 1.165) is 0 Å². The minimum atomic E-state index is -0.741. The normalized spacial score (nSPS) is 13.7. The van der Waals surface area contributed by atoms with Gasteiger partial charge in [0, 0.05) is 5.02 Å². The van der Waals surface area contributed by atoms with Gasteiger partial charge in [0.1, 0.15) is 0 Å². The Morgan fingerprint density at radius 1 is 0.769 bits per heavy atom. The molecular formula is C19H15ClO6. The Kier molecular flexibility index (Phi) is 4.86. The molecule has 0 saturated carbocycles. The van der Waals surface area contributed by atoms with Crippen LogP contribution in [0.25, 0.3) is 11.1 Å². The van der Waals surface area contributed by atoms with Gasteiger partial charge in [-0.2, -0.15) is 0 Å². The van der Waals surface area contributed by atoms with E-state index in [1.807, 2.05) is 0 Å². The summed E-state index contributed by atoms with van der Waals surface area (Å²) in [6.45, 7) is 0. The lowest BCUT2D eigenvalue weighted by atomic mass is 9.96. The fourth-order valence-corrected chi connectivity index (χ4v) is 2.88. The molecular weight excluding hydrogens is 360 g/mol. The first-order valence-corrected chi connectivity index (χ1v) is 7.95. The van der Waals surface area contributed by atoms with E-state index < -0.39 is 11.9 Å². The average molecular weight is 375 g/mol. The minimum absolute atomic E-state index is 0.122. The van der Waals surface area contributed by atoms with Crippen LogP contribution in [0.15, 0.2) is 36.4 Å². The van der Waals surface area contributed by atoms with Gasteiger partial charge in [0.25, 0.3) is 0 Å². The van der Waals surface area contributed by atoms with Gasteiger partial charge < -0.3 is 18.9 Å². The van der Waals surface area contributed by atoms with Crippen LogP contribution in [0.1, 0.15) is 11.1 Å². The number of hydrogen-bond acceptors (Lipinski definition) is 6. The monoisotopic (exact) mass is 374 g/mol. The van der Waals surface area contributed by atoms with Crippen molar-refractivity contribution in [1.29, 1.82) is 0 Å². The maximum Gasteiger partial charge on any atom is 0.347 e. The van der Waals surface area contributed by atoms with E-state index in [9.17, 15) is 9.59 Å². The van der Waals surface area contributed by atoms with E-state index in [-0.39, 0.29) is 11.1 Å². The van der Waals surface area contributed by atoms with Crippen LogP contribution in [0.5, 0.6) is 17.2 Å². The van der Waals surface area contributed by atoms with Crippen LogP contribution in [0.4, 0.5) is 0 Å². The summed E-state index contributed by atoms with van der Waals surface area (Å²) in [5.41, 5.74) is 1.21. The third kappa shape index (κ3) is 2.99. The topological polar surface area (TPSA) is 71.1 Å². The summed E-state index contributed by atoms with van der Waals surface area (Å²) in [6.07, 6.45) is 0. The maximum atomic E-state index is 12.3. The van der Waals surface area contributed by atoms with Crippen LogP contribution >= 0.6 is 11.6 Å². The Hall–Kier alpha value is -2.99. The molecule has 0 aliphatic carbocycles. The van der Waals surface area contributed by atoms with Crippen molar-refractivity contribution in [2.24, 2.45) is 0 Å². The number of ether oxygens (including phenoxy) is 4. The van der Waals surface area contributed by atoms with E-state index in [1.165, 1.54) is 21.3 Å². The molecule has 1 aliphatic heterocycles. The molecule has 2 aromatic carbocycles. The largest absolute Gasteiger partial charge is 0.493 e. The van der Waals surface area contributed by atoms with Crippen LogP contribution < -0.4 is 14.2 Å². The molecule has 0 spiro atoms. The second-order valence-corrected chi connectivity index (χ2v) is 5.78. The number of methoxy groups -OCH3 is 3. The first-order valence-electron chi connectivity index (χ1n) is 7.57. The van der Waals surface area contributed by atoms with Gasteiger partial charge in [-0.1, -0.05) is 23.7 Å². The molecule has 1 heterocycles. The molecule has 1 aliphatic rings. The fourth-order valence-electron chi connectivity index (χ4n) is 2.76. The molecule has 6 nitrogen and oxygen atoms in total. The molecule has 0 bridgehead atoms. The summed E-state index contributed by atoms with van der Waals surface area (Å²) >= 11 is 5.90. The highest BCUT2D eigenvalue weighted by Crippen LogP contribution is 2.43. The zero-order valence-corrected chi connectivity index (χ0v) is 15.0. The van der Waals surface area contributed by atoms with Crippen molar-refractivity contribution in [3.63, 3.8) is 0 Å². The fraction of sp³-hybridized carbons (Fsp3) is 0.158. The zero-order chi connectivity index (χ0) is 18.8. The lowest BCUT2D eigenvalue weighted by Crippen LogP contribution is -2.02. The highest BCUT2D eigenvalue weighted by Gasteiger charge is 2.35. The summed E-state index contributed by atoms with van der Waals surface area (Å²) in [7, 11) is 4.41. The van der Waals surface area contributed by atoms with Gasteiger partial charge in [0.15, 0.2) is 11.5 Å². The molecule has 7 heteroatoms. The number of rotatable bonds is 5. The third-order valence-electron chi connectivity index (χ3n) is 3.93. The van der Waals surface area contributed by atoms with Gasteiger partial charge in [-0.05, 0) is 35.4 Å².